The summed E-state index contributed by atoms with van der Waals surface area (Å²) in [6, 6.07) is 0. The van der Waals surface area contributed by atoms with Crippen LogP contribution in [-0.2, 0) is 16.1 Å². The smallest absolute Gasteiger partial charge is 0.241 e. The highest BCUT2D eigenvalue weighted by molar-refractivity contribution is 5.81. The van der Waals surface area contributed by atoms with Gasteiger partial charge >= 0.3 is 0 Å². The van der Waals surface area contributed by atoms with Crippen LogP contribution in [0.2, 0.25) is 0 Å². The summed E-state index contributed by atoms with van der Waals surface area (Å²) in [5.41, 5.74) is 0. The van der Waals surface area contributed by atoms with Crippen LogP contribution in [0.25, 0.3) is 0 Å². The van der Waals surface area contributed by atoms with Crippen molar-refractivity contribution in [2.45, 2.75) is 32.2 Å². The molecule has 1 saturated heterocycles. The van der Waals surface area contributed by atoms with Gasteiger partial charge in [-0.2, -0.15) is 0 Å². The predicted octanol–water partition coefficient (Wildman–Crippen LogP) is 0.0429. The zero-order chi connectivity index (χ0) is 14.7. The average Bonchev–Trinajstić information content (AvgIpc) is 3.23. The molecule has 0 atom stereocenters. The molecule has 0 bridgehead atoms. The van der Waals surface area contributed by atoms with E-state index in [-0.39, 0.29) is 12.5 Å². The Morgan fingerprint density at radius 2 is 1.95 bits per heavy atom. The van der Waals surface area contributed by atoms with Crippen molar-refractivity contribution in [3.8, 4) is 0 Å². The lowest BCUT2D eigenvalue weighted by molar-refractivity contribution is -0.134. The van der Waals surface area contributed by atoms with Crippen LogP contribution in [0.3, 0.4) is 0 Å². The standard InChI is InChI=1S/C14H21N5O2/c20-13(10-19-8-5-16-17-19)15-9-11-3-6-18(7-4-11)14(21)12-1-2-12/h5,8,11-12H,1-4,6-7,9-10H2,(H,15,20). The topological polar surface area (TPSA) is 80.1 Å². The molecule has 1 saturated carbocycles. The summed E-state index contributed by atoms with van der Waals surface area (Å²) < 4.78 is 1.51. The van der Waals surface area contributed by atoms with Crippen LogP contribution in [-0.4, -0.2) is 51.3 Å². The number of hydrogen-bond donors (Lipinski definition) is 1. The maximum Gasteiger partial charge on any atom is 0.241 e. The SMILES string of the molecule is O=C(Cn1ccnn1)NCC1CCN(C(=O)C2CC2)CC1. The fourth-order valence-corrected chi connectivity index (χ4v) is 2.72. The number of aromatic nitrogens is 3. The quantitative estimate of drug-likeness (QED) is 0.831. The number of nitrogens with zero attached hydrogens (tertiary/aromatic N) is 4. The fraction of sp³-hybridized carbons (Fsp3) is 0.714. The fourth-order valence-electron chi connectivity index (χ4n) is 2.72. The minimum atomic E-state index is -0.0445. The molecule has 1 aromatic rings. The van der Waals surface area contributed by atoms with E-state index in [1.807, 2.05) is 4.90 Å². The molecule has 7 heteroatoms. The van der Waals surface area contributed by atoms with E-state index in [2.05, 4.69) is 15.6 Å². The molecule has 7 nitrogen and oxygen atoms in total. The van der Waals surface area contributed by atoms with Gasteiger partial charge in [0.1, 0.15) is 6.54 Å². The summed E-state index contributed by atoms with van der Waals surface area (Å²) >= 11 is 0. The van der Waals surface area contributed by atoms with Crippen molar-refractivity contribution in [1.82, 2.24) is 25.2 Å². The molecule has 21 heavy (non-hydrogen) atoms. The van der Waals surface area contributed by atoms with Crippen LogP contribution >= 0.6 is 0 Å². The third kappa shape index (κ3) is 3.80. The van der Waals surface area contributed by atoms with Crippen molar-refractivity contribution in [2.24, 2.45) is 11.8 Å². The highest BCUT2D eigenvalue weighted by Gasteiger charge is 2.34. The van der Waals surface area contributed by atoms with Gasteiger partial charge in [0.2, 0.25) is 11.8 Å². The molecule has 1 aliphatic carbocycles. The van der Waals surface area contributed by atoms with Crippen LogP contribution in [0.5, 0.6) is 0 Å². The molecule has 2 fully saturated rings. The molecule has 2 heterocycles. The van der Waals surface area contributed by atoms with Crippen molar-refractivity contribution < 1.29 is 9.59 Å². The second-order valence-electron chi connectivity index (χ2n) is 5.95. The number of hydrogen-bond acceptors (Lipinski definition) is 4. The minimum absolute atomic E-state index is 0.0445. The Morgan fingerprint density at radius 1 is 1.19 bits per heavy atom. The molecule has 1 N–H and O–H groups in total. The van der Waals surface area contributed by atoms with Crippen LogP contribution in [0, 0.1) is 11.8 Å². The molecular formula is C14H21N5O2. The largest absolute Gasteiger partial charge is 0.354 e. The summed E-state index contributed by atoms with van der Waals surface area (Å²) in [5.74, 6) is 1.07. The van der Waals surface area contributed by atoms with Crippen molar-refractivity contribution >= 4 is 11.8 Å². The average molecular weight is 291 g/mol. The number of rotatable bonds is 5. The maximum atomic E-state index is 12.0. The summed E-state index contributed by atoms with van der Waals surface area (Å²) in [7, 11) is 0. The van der Waals surface area contributed by atoms with Gasteiger partial charge in [-0.25, -0.2) is 4.68 Å². The van der Waals surface area contributed by atoms with E-state index < -0.39 is 0 Å². The van der Waals surface area contributed by atoms with Crippen LogP contribution in [0.4, 0.5) is 0 Å². The van der Waals surface area contributed by atoms with Gasteiger partial charge in [0, 0.05) is 31.7 Å². The molecule has 2 amide bonds. The Balaban J connectivity index is 1.35. The first-order valence-electron chi connectivity index (χ1n) is 7.62. The lowest BCUT2D eigenvalue weighted by Crippen LogP contribution is -2.42. The number of amides is 2. The molecule has 114 valence electrons. The van der Waals surface area contributed by atoms with E-state index in [9.17, 15) is 9.59 Å². The Bertz CT molecular complexity index is 489. The first-order chi connectivity index (χ1) is 10.2. The number of piperidine rings is 1. The number of nitrogens with one attached hydrogen (secondary N) is 1. The van der Waals surface area contributed by atoms with Crippen LogP contribution in [0.1, 0.15) is 25.7 Å². The highest BCUT2D eigenvalue weighted by Crippen LogP contribution is 2.32. The molecule has 0 unspecified atom stereocenters. The third-order valence-electron chi connectivity index (χ3n) is 4.22. The molecule has 1 aliphatic heterocycles. The van der Waals surface area contributed by atoms with E-state index >= 15 is 0 Å². The molecule has 0 spiro atoms. The van der Waals surface area contributed by atoms with E-state index in [1.54, 1.807) is 12.4 Å². The van der Waals surface area contributed by atoms with E-state index in [0.717, 1.165) is 38.8 Å². The lowest BCUT2D eigenvalue weighted by Gasteiger charge is -2.32. The molecular weight excluding hydrogens is 270 g/mol. The zero-order valence-corrected chi connectivity index (χ0v) is 12.1. The van der Waals surface area contributed by atoms with Gasteiger partial charge in [-0.15, -0.1) is 5.10 Å². The third-order valence-corrected chi connectivity index (χ3v) is 4.22. The number of carbonyl (C=O) groups excluding carboxylic acids is 2. The van der Waals surface area contributed by atoms with Gasteiger partial charge in [-0.3, -0.25) is 9.59 Å². The van der Waals surface area contributed by atoms with Gasteiger partial charge < -0.3 is 10.2 Å². The lowest BCUT2D eigenvalue weighted by atomic mass is 9.96. The first-order valence-corrected chi connectivity index (χ1v) is 7.62. The second-order valence-corrected chi connectivity index (χ2v) is 5.95. The summed E-state index contributed by atoms with van der Waals surface area (Å²) in [6.07, 6.45) is 7.31. The first kappa shape index (κ1) is 14.0. The van der Waals surface area contributed by atoms with Crippen molar-refractivity contribution in [3.63, 3.8) is 0 Å². The van der Waals surface area contributed by atoms with E-state index in [1.165, 1.54) is 4.68 Å². The van der Waals surface area contributed by atoms with Gasteiger partial charge in [0.05, 0.1) is 6.20 Å². The zero-order valence-electron chi connectivity index (χ0n) is 12.1. The van der Waals surface area contributed by atoms with Crippen LogP contribution in [0.15, 0.2) is 12.4 Å². The highest BCUT2D eigenvalue weighted by atomic mass is 16.2. The summed E-state index contributed by atoms with van der Waals surface area (Å²) in [5, 5.41) is 10.4. The van der Waals surface area contributed by atoms with Gasteiger partial charge in [0.25, 0.3) is 0 Å². The maximum absolute atomic E-state index is 12.0. The van der Waals surface area contributed by atoms with Crippen molar-refractivity contribution in [1.29, 1.82) is 0 Å². The Hall–Kier alpha value is -1.92. The van der Waals surface area contributed by atoms with E-state index in [0.29, 0.717) is 24.3 Å². The van der Waals surface area contributed by atoms with Crippen LogP contribution < -0.4 is 5.32 Å². The normalized spacial score (nSPS) is 19.5. The molecule has 2 aliphatic rings. The minimum Gasteiger partial charge on any atom is -0.354 e. The van der Waals surface area contributed by atoms with Gasteiger partial charge in [-0.05, 0) is 31.6 Å². The predicted molar refractivity (Wildman–Crippen MR) is 75.1 cm³/mol. The molecule has 0 aromatic carbocycles. The molecule has 1 aromatic heterocycles. The molecule has 0 radical (unpaired) electrons. The van der Waals surface area contributed by atoms with Crippen molar-refractivity contribution in [3.05, 3.63) is 12.4 Å². The van der Waals surface area contributed by atoms with Crippen molar-refractivity contribution in [2.75, 3.05) is 19.6 Å². The molecule has 3 rings (SSSR count). The van der Waals surface area contributed by atoms with Gasteiger partial charge in [-0.1, -0.05) is 5.21 Å². The van der Waals surface area contributed by atoms with Gasteiger partial charge in [0.15, 0.2) is 0 Å². The summed E-state index contributed by atoms with van der Waals surface area (Å²) in [6.45, 7) is 2.55. The Kier molecular flexibility index (Phi) is 4.17. The number of carbonyl (C=O) groups is 2. The Morgan fingerprint density at radius 3 is 2.57 bits per heavy atom. The van der Waals surface area contributed by atoms with E-state index in [4.69, 9.17) is 0 Å². The Labute approximate surface area is 123 Å². The summed E-state index contributed by atoms with van der Waals surface area (Å²) in [4.78, 5) is 25.7. The second kappa shape index (κ2) is 6.24. The number of likely N-dealkylation sites (tertiary alicyclic amines) is 1. The monoisotopic (exact) mass is 291 g/mol.